The van der Waals surface area contributed by atoms with Gasteiger partial charge in [0.2, 0.25) is 0 Å². The number of amides is 1. The summed E-state index contributed by atoms with van der Waals surface area (Å²) in [7, 11) is 1.53. The van der Waals surface area contributed by atoms with Crippen LogP contribution in [-0.4, -0.2) is 29.6 Å². The molecule has 0 saturated heterocycles. The van der Waals surface area contributed by atoms with Crippen molar-refractivity contribution < 1.29 is 19.4 Å². The van der Waals surface area contributed by atoms with Gasteiger partial charge in [-0.1, -0.05) is 42.1 Å². The summed E-state index contributed by atoms with van der Waals surface area (Å²) in [5.41, 5.74) is 3.93. The van der Waals surface area contributed by atoms with Gasteiger partial charge in [0, 0.05) is 29.1 Å². The Balaban J connectivity index is 1.87. The molecule has 0 radical (unpaired) electrons. The van der Waals surface area contributed by atoms with Gasteiger partial charge in [0.05, 0.1) is 17.4 Å². The van der Waals surface area contributed by atoms with Gasteiger partial charge in [-0.05, 0) is 36.2 Å². The molecule has 2 aromatic carbocycles. The fraction of sp³-hybridized carbons (Fsp3) is 0.136. The van der Waals surface area contributed by atoms with Crippen molar-refractivity contribution in [2.75, 3.05) is 12.4 Å². The molecule has 1 amide bonds. The van der Waals surface area contributed by atoms with Crippen molar-refractivity contribution in [2.24, 2.45) is 0 Å². The number of carboxylic acid groups (broad SMARTS) is 1. The lowest BCUT2D eigenvalue weighted by molar-refractivity contribution is -0.107. The lowest BCUT2D eigenvalue weighted by Gasteiger charge is -2.14. The highest BCUT2D eigenvalue weighted by Crippen LogP contribution is 2.37. The Bertz CT molecular complexity index is 1020. The minimum absolute atomic E-state index is 0.329. The summed E-state index contributed by atoms with van der Waals surface area (Å²) >= 11 is 1.41. The average molecular weight is 408 g/mol. The number of hydrogen-bond acceptors (Lipinski definition) is 5. The van der Waals surface area contributed by atoms with Crippen LogP contribution < -0.4 is 10.1 Å². The third kappa shape index (κ3) is 4.94. The van der Waals surface area contributed by atoms with Crippen LogP contribution in [0.1, 0.15) is 16.4 Å². The number of carbonyl (C=O) groups excluding carboxylic acids is 1. The number of pyridine rings is 1. The van der Waals surface area contributed by atoms with Crippen molar-refractivity contribution in [1.82, 2.24) is 4.98 Å². The number of thioether (sulfide) groups is 1. The number of anilines is 1. The van der Waals surface area contributed by atoms with E-state index in [0.29, 0.717) is 11.4 Å². The van der Waals surface area contributed by atoms with E-state index in [4.69, 9.17) is 9.84 Å². The van der Waals surface area contributed by atoms with Gasteiger partial charge >= 0.3 is 6.09 Å². The highest BCUT2D eigenvalue weighted by atomic mass is 32.2. The third-order valence-electron chi connectivity index (χ3n) is 4.28. The molecule has 3 rings (SSSR count). The number of ether oxygens (including phenoxy) is 1. The van der Waals surface area contributed by atoms with Gasteiger partial charge < -0.3 is 14.6 Å². The van der Waals surface area contributed by atoms with Crippen LogP contribution in [0.25, 0.3) is 11.1 Å². The summed E-state index contributed by atoms with van der Waals surface area (Å²) in [6.45, 7) is 1.94. The van der Waals surface area contributed by atoms with Crippen LogP contribution >= 0.6 is 11.8 Å². The Morgan fingerprint density at radius 3 is 2.59 bits per heavy atom. The Morgan fingerprint density at radius 1 is 1.21 bits per heavy atom. The molecule has 0 fully saturated rings. The summed E-state index contributed by atoms with van der Waals surface area (Å²) in [6.07, 6.45) is 1.51. The quantitative estimate of drug-likeness (QED) is 0.413. The second kappa shape index (κ2) is 9.25. The zero-order chi connectivity index (χ0) is 20.8. The molecule has 29 heavy (non-hydrogen) atoms. The average Bonchev–Trinajstić information content (AvgIpc) is 2.73. The number of nitrogens with zero attached hydrogens (tertiary/aromatic N) is 1. The van der Waals surface area contributed by atoms with E-state index in [1.807, 2.05) is 43.3 Å². The van der Waals surface area contributed by atoms with E-state index in [9.17, 15) is 9.59 Å². The van der Waals surface area contributed by atoms with E-state index in [1.54, 1.807) is 24.4 Å². The number of carbonyl (C=O) groups is 2. The molecule has 0 aliphatic rings. The highest BCUT2D eigenvalue weighted by Gasteiger charge is 2.16. The van der Waals surface area contributed by atoms with E-state index in [1.165, 1.54) is 18.9 Å². The second-order valence-electron chi connectivity index (χ2n) is 6.28. The Hall–Kier alpha value is -3.32. The molecule has 148 valence electrons. The van der Waals surface area contributed by atoms with Gasteiger partial charge in [-0.2, -0.15) is 0 Å². The number of rotatable bonds is 7. The van der Waals surface area contributed by atoms with Crippen LogP contribution in [0, 0.1) is 6.92 Å². The molecule has 1 unspecified atom stereocenters. The minimum Gasteiger partial charge on any atom is -0.496 e. The molecule has 0 bridgehead atoms. The lowest BCUT2D eigenvalue weighted by Crippen LogP contribution is -2.07. The van der Waals surface area contributed by atoms with Crippen LogP contribution in [0.15, 0.2) is 65.8 Å². The molecule has 0 aliphatic carbocycles. The first-order chi connectivity index (χ1) is 14.0. The summed E-state index contributed by atoms with van der Waals surface area (Å²) in [5.74, 6) is 0.535. The SMILES string of the molecule is COc1cc(NC(=O)O)ccc1-c1cnc(SC(C=O)c2ccccc2)c(C)c1. The fourth-order valence-electron chi connectivity index (χ4n) is 2.90. The Kier molecular flexibility index (Phi) is 6.51. The molecular weight excluding hydrogens is 388 g/mol. The van der Waals surface area contributed by atoms with Crippen LogP contribution in [0.4, 0.5) is 10.5 Å². The highest BCUT2D eigenvalue weighted by molar-refractivity contribution is 8.00. The van der Waals surface area contributed by atoms with Gasteiger partial charge in [0.25, 0.3) is 0 Å². The molecule has 3 aromatic rings. The first-order valence-corrected chi connectivity index (χ1v) is 9.71. The molecule has 0 aliphatic heterocycles. The maximum absolute atomic E-state index is 11.6. The number of aldehydes is 1. The number of aromatic nitrogens is 1. The summed E-state index contributed by atoms with van der Waals surface area (Å²) < 4.78 is 5.42. The molecule has 1 aromatic heterocycles. The van der Waals surface area contributed by atoms with E-state index < -0.39 is 6.09 Å². The van der Waals surface area contributed by atoms with Crippen molar-refractivity contribution >= 4 is 29.8 Å². The topological polar surface area (TPSA) is 88.5 Å². The van der Waals surface area contributed by atoms with Crippen LogP contribution in [0.3, 0.4) is 0 Å². The largest absolute Gasteiger partial charge is 0.496 e. The van der Waals surface area contributed by atoms with Crippen molar-refractivity contribution in [1.29, 1.82) is 0 Å². The van der Waals surface area contributed by atoms with Crippen molar-refractivity contribution in [2.45, 2.75) is 17.2 Å². The van der Waals surface area contributed by atoms with Gasteiger partial charge in [-0.3, -0.25) is 5.32 Å². The van der Waals surface area contributed by atoms with E-state index >= 15 is 0 Å². The fourth-order valence-corrected chi connectivity index (χ4v) is 3.85. The Morgan fingerprint density at radius 2 is 1.97 bits per heavy atom. The predicted octanol–water partition coefficient (Wildman–Crippen LogP) is 5.19. The molecule has 1 heterocycles. The molecule has 0 saturated carbocycles. The van der Waals surface area contributed by atoms with E-state index in [0.717, 1.165) is 33.6 Å². The minimum atomic E-state index is -1.14. The van der Waals surface area contributed by atoms with Crippen molar-refractivity contribution in [3.63, 3.8) is 0 Å². The molecular formula is C22H20N2O4S. The van der Waals surface area contributed by atoms with Crippen LogP contribution in [0.5, 0.6) is 5.75 Å². The van der Waals surface area contributed by atoms with Crippen LogP contribution in [0.2, 0.25) is 0 Å². The number of hydrogen-bond donors (Lipinski definition) is 2. The maximum atomic E-state index is 11.6. The van der Waals surface area contributed by atoms with Gasteiger partial charge in [-0.15, -0.1) is 0 Å². The predicted molar refractivity (Wildman–Crippen MR) is 114 cm³/mol. The summed E-state index contributed by atoms with van der Waals surface area (Å²) in [4.78, 5) is 27.0. The van der Waals surface area contributed by atoms with Gasteiger partial charge in [0.15, 0.2) is 0 Å². The molecule has 1 atom stereocenters. The number of benzene rings is 2. The molecule has 0 spiro atoms. The summed E-state index contributed by atoms with van der Waals surface area (Å²) in [5, 5.41) is 11.6. The first kappa shape index (κ1) is 20.4. The van der Waals surface area contributed by atoms with Crippen molar-refractivity contribution in [3.05, 3.63) is 71.9 Å². The van der Waals surface area contributed by atoms with Crippen LogP contribution in [-0.2, 0) is 4.79 Å². The monoisotopic (exact) mass is 408 g/mol. The van der Waals surface area contributed by atoms with E-state index in [2.05, 4.69) is 10.3 Å². The maximum Gasteiger partial charge on any atom is 0.409 e. The number of nitrogens with one attached hydrogen (secondary N) is 1. The van der Waals surface area contributed by atoms with Gasteiger partial charge in [-0.25, -0.2) is 9.78 Å². The molecule has 6 nitrogen and oxygen atoms in total. The first-order valence-electron chi connectivity index (χ1n) is 8.83. The zero-order valence-corrected chi connectivity index (χ0v) is 16.8. The lowest BCUT2D eigenvalue weighted by atomic mass is 10.0. The normalized spacial score (nSPS) is 11.5. The molecule has 7 heteroatoms. The molecule has 2 N–H and O–H groups in total. The van der Waals surface area contributed by atoms with Gasteiger partial charge in [0.1, 0.15) is 12.0 Å². The third-order valence-corrected chi connectivity index (χ3v) is 5.57. The number of aryl methyl sites for hydroxylation is 1. The standard InChI is InChI=1S/C22H20N2O4S/c1-14-10-16(18-9-8-17(24-22(26)27)11-19(18)28-2)12-23-21(14)29-20(13-25)15-6-4-3-5-7-15/h3-13,20,24H,1-2H3,(H,26,27). The second-order valence-corrected chi connectivity index (χ2v) is 7.41. The Labute approximate surface area is 172 Å². The number of methoxy groups -OCH3 is 1. The smallest absolute Gasteiger partial charge is 0.409 e. The van der Waals surface area contributed by atoms with E-state index in [-0.39, 0.29) is 5.25 Å². The van der Waals surface area contributed by atoms with Crippen molar-refractivity contribution in [3.8, 4) is 16.9 Å². The zero-order valence-electron chi connectivity index (χ0n) is 16.0. The summed E-state index contributed by atoms with van der Waals surface area (Å²) in [6, 6.07) is 16.6.